The van der Waals surface area contributed by atoms with Gasteiger partial charge in [0.2, 0.25) is 0 Å². The number of hydrogen-bond donors (Lipinski definition) is 2. The number of methoxy groups -OCH3 is 1. The van der Waals surface area contributed by atoms with E-state index in [9.17, 15) is 13.5 Å². The van der Waals surface area contributed by atoms with Gasteiger partial charge in [-0.15, -0.1) is 0 Å². The third-order valence-corrected chi connectivity index (χ3v) is 4.83. The van der Waals surface area contributed by atoms with Crippen molar-refractivity contribution in [3.8, 4) is 11.5 Å². The molecule has 0 amide bonds. The molecule has 0 atom stereocenters. The fourth-order valence-electron chi connectivity index (χ4n) is 1.76. The van der Waals surface area contributed by atoms with Crippen LogP contribution in [-0.4, -0.2) is 26.8 Å². The third kappa shape index (κ3) is 4.23. The zero-order valence-corrected chi connectivity index (χ0v) is 14.8. The second kappa shape index (κ2) is 7.01. The van der Waals surface area contributed by atoms with Crippen molar-refractivity contribution in [2.75, 3.05) is 7.11 Å². The van der Waals surface area contributed by atoms with Crippen LogP contribution in [0, 0.1) is 6.92 Å². The molecule has 0 aromatic heterocycles. The van der Waals surface area contributed by atoms with Crippen LogP contribution < -0.4 is 9.57 Å². The summed E-state index contributed by atoms with van der Waals surface area (Å²) in [7, 11) is -2.30. The van der Waals surface area contributed by atoms with Crippen molar-refractivity contribution in [1.29, 1.82) is 0 Å². The van der Waals surface area contributed by atoms with E-state index in [2.05, 4.69) is 25.9 Å². The SMILES string of the molecule is COc1cc(/C=N/NS(=O)(=O)c2ccc(C)cc2)cc(Br)c1O. The first kappa shape index (κ1) is 17.3. The van der Waals surface area contributed by atoms with E-state index >= 15 is 0 Å². The van der Waals surface area contributed by atoms with Gasteiger partial charge in [-0.3, -0.25) is 0 Å². The number of benzene rings is 2. The van der Waals surface area contributed by atoms with E-state index in [-0.39, 0.29) is 16.4 Å². The van der Waals surface area contributed by atoms with Crippen LogP contribution in [0.2, 0.25) is 0 Å². The van der Waals surface area contributed by atoms with Gasteiger partial charge in [0.1, 0.15) is 0 Å². The first-order valence-electron chi connectivity index (χ1n) is 6.51. The van der Waals surface area contributed by atoms with Crippen molar-refractivity contribution in [3.05, 3.63) is 52.0 Å². The molecule has 0 fully saturated rings. The van der Waals surface area contributed by atoms with E-state index in [1.54, 1.807) is 18.2 Å². The van der Waals surface area contributed by atoms with Crippen molar-refractivity contribution >= 4 is 32.2 Å². The molecule has 0 aliphatic rings. The maximum absolute atomic E-state index is 12.1. The number of hydrogen-bond acceptors (Lipinski definition) is 5. The van der Waals surface area contributed by atoms with Gasteiger partial charge in [-0.1, -0.05) is 17.7 Å². The standard InChI is InChI=1S/C15H15BrN2O4S/c1-10-3-5-12(6-4-10)23(20,21)18-17-9-11-7-13(16)15(19)14(8-11)22-2/h3-9,18-19H,1-2H3/b17-9+. The van der Waals surface area contributed by atoms with Crippen LogP contribution in [0.25, 0.3) is 0 Å². The van der Waals surface area contributed by atoms with Gasteiger partial charge in [0, 0.05) is 0 Å². The summed E-state index contributed by atoms with van der Waals surface area (Å²) in [6.07, 6.45) is 1.32. The Balaban J connectivity index is 2.18. The second-order valence-corrected chi connectivity index (χ2v) is 7.23. The van der Waals surface area contributed by atoms with E-state index in [0.29, 0.717) is 10.0 Å². The Hall–Kier alpha value is -2.06. The molecule has 0 unspecified atom stereocenters. The maximum Gasteiger partial charge on any atom is 0.276 e. The zero-order valence-electron chi connectivity index (χ0n) is 12.4. The molecule has 23 heavy (non-hydrogen) atoms. The van der Waals surface area contributed by atoms with Gasteiger partial charge >= 0.3 is 0 Å². The number of nitrogens with zero attached hydrogens (tertiary/aromatic N) is 1. The van der Waals surface area contributed by atoms with E-state index in [0.717, 1.165) is 5.56 Å². The highest BCUT2D eigenvalue weighted by atomic mass is 79.9. The fraction of sp³-hybridized carbons (Fsp3) is 0.133. The molecule has 0 heterocycles. The van der Waals surface area contributed by atoms with Gasteiger partial charge in [-0.25, -0.2) is 4.83 Å². The quantitative estimate of drug-likeness (QED) is 0.598. The summed E-state index contributed by atoms with van der Waals surface area (Å²) in [6, 6.07) is 9.55. The lowest BCUT2D eigenvalue weighted by molar-refractivity contribution is 0.372. The van der Waals surface area contributed by atoms with Crippen molar-refractivity contribution in [3.63, 3.8) is 0 Å². The van der Waals surface area contributed by atoms with Gasteiger partial charge in [0.25, 0.3) is 10.0 Å². The highest BCUT2D eigenvalue weighted by Gasteiger charge is 2.12. The number of phenolic OH excluding ortho intramolecular Hbond substituents is 1. The lowest BCUT2D eigenvalue weighted by Crippen LogP contribution is -2.18. The molecule has 2 rings (SSSR count). The van der Waals surface area contributed by atoms with Gasteiger partial charge in [-0.2, -0.15) is 13.5 Å². The second-order valence-electron chi connectivity index (χ2n) is 4.72. The summed E-state index contributed by atoms with van der Waals surface area (Å²) in [5, 5.41) is 13.5. The Bertz CT molecular complexity index is 833. The average Bonchev–Trinajstić information content (AvgIpc) is 2.51. The topological polar surface area (TPSA) is 88.0 Å². The van der Waals surface area contributed by atoms with Gasteiger partial charge < -0.3 is 9.84 Å². The van der Waals surface area contributed by atoms with Crippen LogP contribution in [0.3, 0.4) is 0 Å². The molecule has 0 radical (unpaired) electrons. The van der Waals surface area contributed by atoms with Crippen molar-refractivity contribution in [2.45, 2.75) is 11.8 Å². The van der Waals surface area contributed by atoms with E-state index in [4.69, 9.17) is 4.74 Å². The van der Waals surface area contributed by atoms with Gasteiger partial charge in [-0.05, 0) is 52.7 Å². The van der Waals surface area contributed by atoms with E-state index < -0.39 is 10.0 Å². The molecule has 2 N–H and O–H groups in total. The third-order valence-electron chi connectivity index (χ3n) is 2.99. The number of sulfonamides is 1. The lowest BCUT2D eigenvalue weighted by atomic mass is 10.2. The number of phenols is 1. The largest absolute Gasteiger partial charge is 0.503 e. The minimum absolute atomic E-state index is 0.0371. The van der Waals surface area contributed by atoms with Gasteiger partial charge in [0.05, 0.1) is 22.7 Å². The van der Waals surface area contributed by atoms with E-state index in [1.165, 1.54) is 31.5 Å². The highest BCUT2D eigenvalue weighted by molar-refractivity contribution is 9.10. The molecule has 6 nitrogen and oxygen atoms in total. The maximum atomic E-state index is 12.1. The number of nitrogens with one attached hydrogen (secondary N) is 1. The minimum atomic E-state index is -3.72. The molecule has 2 aromatic carbocycles. The lowest BCUT2D eigenvalue weighted by Gasteiger charge is -2.06. The van der Waals surface area contributed by atoms with Crippen molar-refractivity contribution in [2.24, 2.45) is 5.10 Å². The average molecular weight is 399 g/mol. The number of rotatable bonds is 5. The Kier molecular flexibility index (Phi) is 5.27. The summed E-state index contributed by atoms with van der Waals surface area (Å²) in [6.45, 7) is 1.87. The van der Waals surface area contributed by atoms with Crippen molar-refractivity contribution in [1.82, 2.24) is 4.83 Å². The Morgan fingerprint density at radius 2 is 1.91 bits per heavy atom. The summed E-state index contributed by atoms with van der Waals surface area (Å²) < 4.78 is 29.6. The Labute approximate surface area is 143 Å². The van der Waals surface area contributed by atoms with Crippen LogP contribution in [0.15, 0.2) is 50.9 Å². The number of aryl methyl sites for hydroxylation is 1. The molecule has 0 saturated carbocycles. The Morgan fingerprint density at radius 3 is 2.52 bits per heavy atom. The molecule has 122 valence electrons. The van der Waals surface area contributed by atoms with Gasteiger partial charge in [0.15, 0.2) is 11.5 Å². The molecule has 0 bridgehead atoms. The number of ether oxygens (including phenoxy) is 1. The molecule has 8 heteroatoms. The fourth-order valence-corrected chi connectivity index (χ4v) is 3.02. The van der Waals surface area contributed by atoms with Crippen LogP contribution in [0.5, 0.6) is 11.5 Å². The predicted molar refractivity (Wildman–Crippen MR) is 91.5 cm³/mol. The van der Waals surface area contributed by atoms with Crippen LogP contribution >= 0.6 is 15.9 Å². The molecule has 0 aliphatic heterocycles. The van der Waals surface area contributed by atoms with Crippen molar-refractivity contribution < 1.29 is 18.3 Å². The Morgan fingerprint density at radius 1 is 1.26 bits per heavy atom. The van der Waals surface area contributed by atoms with Crippen LogP contribution in [-0.2, 0) is 10.0 Å². The molecule has 0 spiro atoms. The van der Waals surface area contributed by atoms with E-state index in [1.807, 2.05) is 6.92 Å². The predicted octanol–water partition coefficient (Wildman–Crippen LogP) is 2.78. The summed E-state index contributed by atoms with van der Waals surface area (Å²) in [5.74, 6) is 0.215. The number of halogens is 1. The molecular weight excluding hydrogens is 384 g/mol. The molecular formula is C15H15BrN2O4S. The first-order chi connectivity index (χ1) is 10.8. The molecule has 0 aliphatic carbocycles. The molecule has 2 aromatic rings. The highest BCUT2D eigenvalue weighted by Crippen LogP contribution is 2.34. The summed E-state index contributed by atoms with van der Waals surface area (Å²) >= 11 is 3.18. The minimum Gasteiger partial charge on any atom is -0.503 e. The molecule has 0 saturated heterocycles. The van der Waals surface area contributed by atoms with Crippen LogP contribution in [0.1, 0.15) is 11.1 Å². The number of hydrazone groups is 1. The summed E-state index contributed by atoms with van der Waals surface area (Å²) in [5.41, 5.74) is 1.52. The monoisotopic (exact) mass is 398 g/mol. The normalized spacial score (nSPS) is 11.6. The smallest absolute Gasteiger partial charge is 0.276 e. The summed E-state index contributed by atoms with van der Waals surface area (Å²) in [4.78, 5) is 2.27. The zero-order chi connectivity index (χ0) is 17.0. The first-order valence-corrected chi connectivity index (χ1v) is 8.79. The van der Waals surface area contributed by atoms with Crippen LogP contribution in [0.4, 0.5) is 0 Å². The number of aromatic hydroxyl groups is 1.